The second-order valence-corrected chi connectivity index (χ2v) is 8.46. The number of esters is 1. The number of amides is 1. The SMILES string of the molecule is CON1C(=O)C(c2c(C)cc(C)cc2C)=C(OC(=O)C(C)(C)C)C1(C)C. The third-order valence-electron chi connectivity index (χ3n) is 4.61. The molecule has 5 nitrogen and oxygen atoms in total. The predicted molar refractivity (Wildman–Crippen MR) is 101 cm³/mol. The number of ether oxygens (including phenoxy) is 1. The molecule has 0 bridgehead atoms. The van der Waals surface area contributed by atoms with Crippen molar-refractivity contribution in [3.05, 3.63) is 40.1 Å². The molecule has 0 radical (unpaired) electrons. The van der Waals surface area contributed by atoms with E-state index >= 15 is 0 Å². The smallest absolute Gasteiger partial charge is 0.316 e. The number of hydrogen-bond donors (Lipinski definition) is 0. The lowest BCUT2D eigenvalue weighted by Crippen LogP contribution is -2.43. The summed E-state index contributed by atoms with van der Waals surface area (Å²) in [5, 5.41) is 1.27. The van der Waals surface area contributed by atoms with Crippen molar-refractivity contribution in [3.8, 4) is 0 Å². The summed E-state index contributed by atoms with van der Waals surface area (Å²) in [6.07, 6.45) is 0. The molecule has 0 atom stereocenters. The lowest BCUT2D eigenvalue weighted by molar-refractivity contribution is -0.192. The first-order chi connectivity index (χ1) is 11.8. The average molecular weight is 359 g/mol. The quantitative estimate of drug-likeness (QED) is 0.763. The predicted octanol–water partition coefficient (Wildman–Crippen LogP) is 4.09. The Morgan fingerprint density at radius 2 is 1.58 bits per heavy atom. The van der Waals surface area contributed by atoms with Crippen LogP contribution in [-0.4, -0.2) is 29.6 Å². The van der Waals surface area contributed by atoms with Gasteiger partial charge >= 0.3 is 5.97 Å². The molecule has 142 valence electrons. The van der Waals surface area contributed by atoms with E-state index in [4.69, 9.17) is 9.57 Å². The molecule has 0 N–H and O–H groups in total. The first-order valence-corrected chi connectivity index (χ1v) is 8.76. The highest BCUT2D eigenvalue weighted by molar-refractivity contribution is 6.23. The summed E-state index contributed by atoms with van der Waals surface area (Å²) in [6.45, 7) is 14.9. The van der Waals surface area contributed by atoms with Gasteiger partial charge in [-0.15, -0.1) is 0 Å². The van der Waals surface area contributed by atoms with Crippen LogP contribution < -0.4 is 0 Å². The highest BCUT2D eigenvalue weighted by Crippen LogP contribution is 2.43. The van der Waals surface area contributed by atoms with Gasteiger partial charge in [-0.1, -0.05) is 17.7 Å². The Hall–Kier alpha value is -2.14. The van der Waals surface area contributed by atoms with E-state index in [0.717, 1.165) is 22.3 Å². The van der Waals surface area contributed by atoms with Crippen molar-refractivity contribution in [2.24, 2.45) is 5.41 Å². The summed E-state index contributed by atoms with van der Waals surface area (Å²) in [5.74, 6) is -0.352. The van der Waals surface area contributed by atoms with Gasteiger partial charge in [-0.3, -0.25) is 14.4 Å². The Morgan fingerprint density at radius 1 is 1.08 bits per heavy atom. The van der Waals surface area contributed by atoms with Gasteiger partial charge in [-0.2, -0.15) is 0 Å². The van der Waals surface area contributed by atoms with E-state index in [1.165, 1.54) is 12.2 Å². The van der Waals surface area contributed by atoms with E-state index in [0.29, 0.717) is 11.3 Å². The van der Waals surface area contributed by atoms with Gasteiger partial charge in [0.1, 0.15) is 11.3 Å². The summed E-state index contributed by atoms with van der Waals surface area (Å²) in [7, 11) is 1.45. The lowest BCUT2D eigenvalue weighted by atomic mass is 9.91. The number of carbonyl (C=O) groups is 2. The van der Waals surface area contributed by atoms with Crippen LogP contribution >= 0.6 is 0 Å². The second kappa shape index (κ2) is 6.54. The van der Waals surface area contributed by atoms with Gasteiger partial charge in [0.15, 0.2) is 0 Å². The van der Waals surface area contributed by atoms with Gasteiger partial charge in [0.25, 0.3) is 5.91 Å². The monoisotopic (exact) mass is 359 g/mol. The van der Waals surface area contributed by atoms with Gasteiger partial charge in [0.2, 0.25) is 0 Å². The molecule has 1 aliphatic rings. The van der Waals surface area contributed by atoms with Crippen molar-refractivity contribution in [2.75, 3.05) is 7.11 Å². The van der Waals surface area contributed by atoms with Crippen molar-refractivity contribution < 1.29 is 19.2 Å². The van der Waals surface area contributed by atoms with Crippen LogP contribution in [0.2, 0.25) is 0 Å². The highest BCUT2D eigenvalue weighted by Gasteiger charge is 2.50. The minimum absolute atomic E-state index is 0.302. The van der Waals surface area contributed by atoms with Gasteiger partial charge in [-0.25, -0.2) is 5.06 Å². The molecule has 2 rings (SSSR count). The largest absolute Gasteiger partial charge is 0.427 e. The lowest BCUT2D eigenvalue weighted by Gasteiger charge is -2.31. The van der Waals surface area contributed by atoms with Crippen LogP contribution in [0.4, 0.5) is 0 Å². The molecule has 1 aromatic carbocycles. The summed E-state index contributed by atoms with van der Waals surface area (Å²) in [5.41, 5.74) is 2.65. The Bertz CT molecular complexity index is 774. The van der Waals surface area contributed by atoms with Crippen LogP contribution in [0.3, 0.4) is 0 Å². The van der Waals surface area contributed by atoms with Gasteiger partial charge in [0.05, 0.1) is 18.1 Å². The molecular formula is C21H29NO4. The average Bonchev–Trinajstić information content (AvgIpc) is 2.64. The van der Waals surface area contributed by atoms with Crippen molar-refractivity contribution in [2.45, 2.75) is 60.9 Å². The van der Waals surface area contributed by atoms with E-state index < -0.39 is 11.0 Å². The minimum atomic E-state index is -0.897. The fraction of sp³-hybridized carbons (Fsp3) is 0.524. The number of hydroxylamine groups is 2. The zero-order chi connectivity index (χ0) is 20.0. The van der Waals surface area contributed by atoms with Crippen LogP contribution in [0.1, 0.15) is 56.9 Å². The maximum atomic E-state index is 13.1. The molecule has 0 aliphatic carbocycles. The van der Waals surface area contributed by atoms with E-state index in [-0.39, 0.29) is 11.9 Å². The number of carbonyl (C=O) groups excluding carboxylic acids is 2. The summed E-state index contributed by atoms with van der Waals surface area (Å²) >= 11 is 0. The number of hydrogen-bond acceptors (Lipinski definition) is 4. The van der Waals surface area contributed by atoms with Crippen LogP contribution in [0.5, 0.6) is 0 Å². The molecule has 0 saturated carbocycles. The number of aryl methyl sites for hydroxylation is 3. The maximum Gasteiger partial charge on any atom is 0.316 e. The number of rotatable bonds is 3. The zero-order valence-electron chi connectivity index (χ0n) is 17.2. The fourth-order valence-electron chi connectivity index (χ4n) is 3.38. The van der Waals surface area contributed by atoms with E-state index in [1.54, 1.807) is 20.8 Å². The highest BCUT2D eigenvalue weighted by atomic mass is 16.7. The van der Waals surface area contributed by atoms with Crippen molar-refractivity contribution >= 4 is 17.4 Å². The van der Waals surface area contributed by atoms with Crippen LogP contribution in [-0.2, 0) is 19.2 Å². The zero-order valence-corrected chi connectivity index (χ0v) is 17.2. The molecule has 0 saturated heterocycles. The Kier molecular flexibility index (Phi) is 5.08. The van der Waals surface area contributed by atoms with Crippen LogP contribution in [0, 0.1) is 26.2 Å². The minimum Gasteiger partial charge on any atom is -0.427 e. The Morgan fingerprint density at radius 3 is 2.00 bits per heavy atom. The topological polar surface area (TPSA) is 55.8 Å². The van der Waals surface area contributed by atoms with Gasteiger partial charge in [0, 0.05) is 0 Å². The first kappa shape index (κ1) is 20.2. The van der Waals surface area contributed by atoms with Gasteiger partial charge < -0.3 is 4.74 Å². The van der Waals surface area contributed by atoms with E-state index in [2.05, 4.69) is 0 Å². The normalized spacial score (nSPS) is 17.1. The molecule has 1 heterocycles. The first-order valence-electron chi connectivity index (χ1n) is 8.76. The van der Waals surface area contributed by atoms with Crippen LogP contribution in [0.25, 0.3) is 5.57 Å². The molecule has 1 aromatic rings. The third kappa shape index (κ3) is 3.28. The Balaban J connectivity index is 2.76. The van der Waals surface area contributed by atoms with Crippen molar-refractivity contribution in [1.29, 1.82) is 0 Å². The molecule has 0 fully saturated rings. The van der Waals surface area contributed by atoms with Gasteiger partial charge in [-0.05, 0) is 72.1 Å². The molecule has 1 amide bonds. The molecule has 0 spiro atoms. The van der Waals surface area contributed by atoms with Crippen molar-refractivity contribution in [1.82, 2.24) is 5.06 Å². The Labute approximate surface area is 155 Å². The third-order valence-corrected chi connectivity index (χ3v) is 4.61. The maximum absolute atomic E-state index is 13.1. The summed E-state index contributed by atoms with van der Waals surface area (Å²) in [4.78, 5) is 31.1. The summed E-state index contributed by atoms with van der Waals surface area (Å²) < 4.78 is 5.80. The molecule has 0 aromatic heterocycles. The molecule has 5 heteroatoms. The molecule has 0 unspecified atom stereocenters. The van der Waals surface area contributed by atoms with Crippen LogP contribution in [0.15, 0.2) is 17.9 Å². The van der Waals surface area contributed by atoms with E-state index in [9.17, 15) is 9.59 Å². The number of benzene rings is 1. The second-order valence-electron chi connectivity index (χ2n) is 8.46. The summed E-state index contributed by atoms with van der Waals surface area (Å²) in [6, 6.07) is 4.04. The number of nitrogens with zero attached hydrogens (tertiary/aromatic N) is 1. The van der Waals surface area contributed by atoms with Crippen molar-refractivity contribution in [3.63, 3.8) is 0 Å². The van der Waals surface area contributed by atoms with E-state index in [1.807, 2.05) is 46.8 Å². The standard InChI is InChI=1S/C21H29NO4/c1-12-10-13(2)15(14(3)11-12)16-17(26-19(24)20(4,5)6)21(7,8)22(25-9)18(16)23/h10-11H,1-9H3. The molecule has 1 aliphatic heterocycles. The fourth-order valence-corrected chi connectivity index (χ4v) is 3.38. The molecular weight excluding hydrogens is 330 g/mol. The molecule has 26 heavy (non-hydrogen) atoms.